The second-order valence-corrected chi connectivity index (χ2v) is 20.7. The van der Waals surface area contributed by atoms with Gasteiger partial charge >= 0.3 is 10.4 Å². The molecule has 0 aromatic rings. The fraction of sp³-hybridized carbons (Fsp3) is 0.839. The van der Waals surface area contributed by atoms with E-state index in [4.69, 9.17) is 9.47 Å². The number of allylic oxidation sites excluding steroid dienone is 7. The number of nitrogens with one attached hydrogen (secondary N) is 1. The third-order valence-electron chi connectivity index (χ3n) is 13.2. The SMILES string of the molecule is CC/C=C\C/C=C\CCCCCCCCCCCCCCCC(O)C(=O)NC(COC1OC(CO)C(O)C(OS(=O)(=O)O)C1O)C(O)/C=C/CC/C=C/CCCCCCCCCCCCCCCCC. The normalized spacial score (nSPS) is 20.4. The third kappa shape index (κ3) is 36.9. The molecule has 0 aromatic heterocycles. The third-order valence-corrected chi connectivity index (χ3v) is 13.7. The van der Waals surface area contributed by atoms with E-state index in [2.05, 4.69) is 59.8 Å². The Morgan fingerprint density at radius 1 is 0.600 bits per heavy atom. The van der Waals surface area contributed by atoms with E-state index in [1.54, 1.807) is 6.08 Å². The van der Waals surface area contributed by atoms with E-state index in [-0.39, 0.29) is 6.42 Å². The summed E-state index contributed by atoms with van der Waals surface area (Å²) in [5.74, 6) is -0.712. The monoisotopic (exact) mass is 1010 g/mol. The van der Waals surface area contributed by atoms with Crippen LogP contribution in [0.5, 0.6) is 0 Å². The van der Waals surface area contributed by atoms with Crippen LogP contribution in [0.2, 0.25) is 0 Å². The number of unbranched alkanes of at least 4 members (excludes halogenated alkanes) is 29. The first-order valence-electron chi connectivity index (χ1n) is 28.1. The molecule has 0 spiro atoms. The highest BCUT2D eigenvalue weighted by atomic mass is 32.3. The lowest BCUT2D eigenvalue weighted by atomic mass is 9.99. The van der Waals surface area contributed by atoms with Gasteiger partial charge in [0.25, 0.3) is 0 Å². The van der Waals surface area contributed by atoms with Gasteiger partial charge < -0.3 is 40.3 Å². The molecule has 1 heterocycles. The van der Waals surface area contributed by atoms with Gasteiger partial charge in [-0.05, 0) is 57.8 Å². The number of carbonyl (C=O) groups is 1. The molecular weight excluding hydrogens is 911 g/mol. The van der Waals surface area contributed by atoms with Gasteiger partial charge in [0.2, 0.25) is 5.91 Å². The Bertz CT molecular complexity index is 1440. The van der Waals surface area contributed by atoms with Crippen LogP contribution < -0.4 is 5.32 Å². The van der Waals surface area contributed by atoms with Gasteiger partial charge in [-0.25, -0.2) is 4.18 Å². The fourth-order valence-electron chi connectivity index (χ4n) is 8.81. The van der Waals surface area contributed by atoms with Gasteiger partial charge in [0, 0.05) is 0 Å². The molecule has 1 fully saturated rings. The van der Waals surface area contributed by atoms with E-state index in [1.807, 2.05) is 0 Å². The molecule has 0 saturated carbocycles. The number of hydrogen-bond donors (Lipinski definition) is 7. The Kier molecular flexibility index (Phi) is 43.0. The summed E-state index contributed by atoms with van der Waals surface area (Å²) >= 11 is 0. The predicted molar refractivity (Wildman–Crippen MR) is 284 cm³/mol. The zero-order valence-corrected chi connectivity index (χ0v) is 44.8. The van der Waals surface area contributed by atoms with E-state index in [1.165, 1.54) is 160 Å². The van der Waals surface area contributed by atoms with Gasteiger partial charge in [0.15, 0.2) is 6.29 Å². The number of ether oxygens (including phenoxy) is 2. The van der Waals surface area contributed by atoms with Gasteiger partial charge in [-0.15, -0.1) is 0 Å². The van der Waals surface area contributed by atoms with Crippen LogP contribution in [0, 0.1) is 0 Å². The lowest BCUT2D eigenvalue weighted by molar-refractivity contribution is -0.298. The topological polar surface area (TPSA) is 212 Å². The summed E-state index contributed by atoms with van der Waals surface area (Å²) in [6.07, 6.45) is 46.2. The summed E-state index contributed by atoms with van der Waals surface area (Å²) in [6, 6.07) is -1.14. The zero-order chi connectivity index (χ0) is 51.3. The molecule has 0 bridgehead atoms. The molecule has 0 aromatic carbocycles. The van der Waals surface area contributed by atoms with Gasteiger partial charge in [0.05, 0.1) is 25.4 Å². The number of rotatable bonds is 48. The second-order valence-electron chi connectivity index (χ2n) is 19.6. The molecule has 14 heteroatoms. The minimum atomic E-state index is -5.13. The van der Waals surface area contributed by atoms with Crippen molar-refractivity contribution in [3.8, 4) is 0 Å². The number of aliphatic hydroxyl groups excluding tert-OH is 5. The van der Waals surface area contributed by atoms with Crippen LogP contribution in [-0.2, 0) is 28.9 Å². The molecule has 13 nitrogen and oxygen atoms in total. The maximum atomic E-state index is 13.2. The quantitative estimate of drug-likeness (QED) is 0.0172. The van der Waals surface area contributed by atoms with Crippen molar-refractivity contribution in [2.45, 2.75) is 288 Å². The van der Waals surface area contributed by atoms with Gasteiger partial charge in [-0.1, -0.05) is 229 Å². The Morgan fingerprint density at radius 3 is 1.53 bits per heavy atom. The zero-order valence-electron chi connectivity index (χ0n) is 43.9. The van der Waals surface area contributed by atoms with Gasteiger partial charge in [-0.2, -0.15) is 8.42 Å². The van der Waals surface area contributed by atoms with Crippen LogP contribution in [0.15, 0.2) is 48.6 Å². The Labute approximate surface area is 426 Å². The molecule has 410 valence electrons. The molecule has 1 aliphatic rings. The Balaban J connectivity index is 2.47. The molecule has 1 rings (SSSR count). The number of carbonyl (C=O) groups excluding carboxylic acids is 1. The first-order chi connectivity index (χ1) is 33.9. The van der Waals surface area contributed by atoms with Crippen molar-refractivity contribution < 1.29 is 57.0 Å². The van der Waals surface area contributed by atoms with Crippen LogP contribution in [0.25, 0.3) is 0 Å². The van der Waals surface area contributed by atoms with E-state index in [0.29, 0.717) is 12.8 Å². The largest absolute Gasteiger partial charge is 0.397 e. The van der Waals surface area contributed by atoms with Crippen molar-refractivity contribution >= 4 is 16.3 Å². The smallest absolute Gasteiger partial charge is 0.394 e. The van der Waals surface area contributed by atoms with Crippen LogP contribution in [0.1, 0.15) is 239 Å². The van der Waals surface area contributed by atoms with Crippen LogP contribution >= 0.6 is 0 Å². The van der Waals surface area contributed by atoms with Crippen molar-refractivity contribution in [2.24, 2.45) is 0 Å². The number of hydrogen-bond acceptors (Lipinski definition) is 11. The molecule has 8 atom stereocenters. The van der Waals surface area contributed by atoms with Crippen LogP contribution in [0.3, 0.4) is 0 Å². The molecule has 8 unspecified atom stereocenters. The van der Waals surface area contributed by atoms with Crippen molar-refractivity contribution in [1.82, 2.24) is 5.32 Å². The van der Waals surface area contributed by atoms with E-state index < -0.39 is 78.5 Å². The molecule has 1 aliphatic heterocycles. The molecule has 70 heavy (non-hydrogen) atoms. The molecule has 7 N–H and O–H groups in total. The summed E-state index contributed by atoms with van der Waals surface area (Å²) in [5, 5.41) is 55.5. The maximum Gasteiger partial charge on any atom is 0.397 e. The van der Waals surface area contributed by atoms with Crippen LogP contribution in [0.4, 0.5) is 0 Å². The highest BCUT2D eigenvalue weighted by Gasteiger charge is 2.48. The van der Waals surface area contributed by atoms with Crippen molar-refractivity contribution in [1.29, 1.82) is 0 Å². The molecule has 1 amide bonds. The minimum Gasteiger partial charge on any atom is -0.394 e. The van der Waals surface area contributed by atoms with Crippen molar-refractivity contribution in [2.75, 3.05) is 13.2 Å². The van der Waals surface area contributed by atoms with Gasteiger partial charge in [-0.3, -0.25) is 9.35 Å². The highest BCUT2D eigenvalue weighted by molar-refractivity contribution is 7.80. The first kappa shape index (κ1) is 66.0. The fourth-order valence-corrected chi connectivity index (χ4v) is 9.32. The van der Waals surface area contributed by atoms with E-state index in [9.17, 15) is 43.3 Å². The van der Waals surface area contributed by atoms with Crippen molar-refractivity contribution in [3.63, 3.8) is 0 Å². The number of aliphatic hydroxyl groups is 5. The lowest BCUT2D eigenvalue weighted by Crippen LogP contribution is -2.61. The average Bonchev–Trinajstić information content (AvgIpc) is 3.33. The minimum absolute atomic E-state index is 0.235. The second kappa shape index (κ2) is 45.6. The Morgan fingerprint density at radius 2 is 1.04 bits per heavy atom. The molecular formula is C56H103NO12S. The summed E-state index contributed by atoms with van der Waals surface area (Å²) in [7, 11) is -5.13. The standard InChI is InChI=1S/C56H103NO12S/c1-3-5-7-9-11-13-15-17-19-21-23-25-27-28-30-32-34-36-38-40-42-44-49(59)48(47-67-56-53(62)54(69-70(64,65)66)52(61)51(46-58)68-56)57-55(63)50(60)45-43-41-39-37-35-33-31-29-26-24-22-20-18-16-14-12-10-8-6-4-2/h6,8,12,14,34,36,42,44,48-54,56,58-62H,3-5,7,9-11,13,15-33,35,37-41,43,45-47H2,1-2H3,(H,57,63)(H,64,65,66)/b8-6-,14-12-,36-34+,44-42+. The Hall–Kier alpha value is -1.98. The predicted octanol–water partition coefficient (Wildman–Crippen LogP) is 11.8. The first-order valence-corrected chi connectivity index (χ1v) is 29.5. The van der Waals surface area contributed by atoms with Crippen LogP contribution in [-0.4, -0.2) is 107 Å². The average molecular weight is 1010 g/mol. The lowest BCUT2D eigenvalue weighted by Gasteiger charge is -2.41. The highest BCUT2D eigenvalue weighted by Crippen LogP contribution is 2.26. The van der Waals surface area contributed by atoms with Gasteiger partial charge in [0.1, 0.15) is 30.5 Å². The summed E-state index contributed by atoms with van der Waals surface area (Å²) in [6.45, 7) is 3.14. The van der Waals surface area contributed by atoms with E-state index in [0.717, 1.165) is 51.4 Å². The van der Waals surface area contributed by atoms with E-state index >= 15 is 0 Å². The molecule has 1 saturated heterocycles. The summed E-state index contributed by atoms with van der Waals surface area (Å²) in [5.41, 5.74) is 0. The summed E-state index contributed by atoms with van der Waals surface area (Å²) < 4.78 is 47.7. The molecule has 0 aliphatic carbocycles. The number of amides is 1. The molecule has 0 radical (unpaired) electrons. The van der Waals surface area contributed by atoms with Crippen molar-refractivity contribution in [3.05, 3.63) is 48.6 Å². The summed E-state index contributed by atoms with van der Waals surface area (Å²) in [4.78, 5) is 13.2. The maximum absolute atomic E-state index is 13.2.